The summed E-state index contributed by atoms with van der Waals surface area (Å²) >= 11 is 2.00. The molecule has 1 saturated heterocycles. The van der Waals surface area contributed by atoms with Crippen LogP contribution < -0.4 is 5.32 Å². The molecule has 70 valence electrons. The molecule has 1 N–H and O–H groups in total. The average molecular weight is 195 g/mol. The van der Waals surface area contributed by atoms with Crippen molar-refractivity contribution in [3.63, 3.8) is 0 Å². The second kappa shape index (κ2) is 3.96. The maximum atomic E-state index is 4.14. The van der Waals surface area contributed by atoms with Gasteiger partial charge in [0.25, 0.3) is 0 Å². The summed E-state index contributed by atoms with van der Waals surface area (Å²) in [6.45, 7) is 1.90. The molecule has 1 fully saturated rings. The zero-order valence-corrected chi connectivity index (χ0v) is 8.47. The van der Waals surface area contributed by atoms with E-state index in [0.29, 0.717) is 6.04 Å². The van der Waals surface area contributed by atoms with Crippen LogP contribution in [0.1, 0.15) is 12.2 Å². The summed E-state index contributed by atoms with van der Waals surface area (Å²) in [5.41, 5.74) is 1.04. The van der Waals surface area contributed by atoms with Gasteiger partial charge in [0.15, 0.2) is 0 Å². The summed E-state index contributed by atoms with van der Waals surface area (Å²) in [5.74, 6) is 3.30. The highest BCUT2D eigenvalue weighted by molar-refractivity contribution is 7.99. The molecule has 0 spiro atoms. The number of nitrogens with one attached hydrogen (secondary N) is 1. The van der Waals surface area contributed by atoms with E-state index in [1.165, 1.54) is 17.9 Å². The molecule has 4 heteroatoms. The molecule has 13 heavy (non-hydrogen) atoms. The Bertz CT molecular complexity index is 267. The van der Waals surface area contributed by atoms with Gasteiger partial charge in [-0.2, -0.15) is 11.8 Å². The molecule has 1 aliphatic rings. The van der Waals surface area contributed by atoms with E-state index in [1.54, 1.807) is 0 Å². The minimum atomic E-state index is 0.608. The van der Waals surface area contributed by atoms with Gasteiger partial charge in [0.05, 0.1) is 18.1 Å². The number of rotatable bonds is 2. The van der Waals surface area contributed by atoms with Crippen LogP contribution in [0.2, 0.25) is 0 Å². The van der Waals surface area contributed by atoms with Crippen molar-refractivity contribution in [2.45, 2.75) is 19.4 Å². The zero-order chi connectivity index (χ0) is 9.10. The van der Waals surface area contributed by atoms with Crippen LogP contribution in [0.3, 0.4) is 0 Å². The highest BCUT2D eigenvalue weighted by Crippen LogP contribution is 2.20. The highest BCUT2D eigenvalue weighted by Gasteiger charge is 2.14. The van der Waals surface area contributed by atoms with E-state index in [9.17, 15) is 0 Å². The summed E-state index contributed by atoms with van der Waals surface area (Å²) < 4.78 is 0. The SMILES string of the molecule is Cc1ncc(NC2CCSC2)cn1. The molecule has 1 aliphatic heterocycles. The van der Waals surface area contributed by atoms with Crippen molar-refractivity contribution in [2.75, 3.05) is 16.8 Å². The largest absolute Gasteiger partial charge is 0.379 e. The number of thioether (sulfide) groups is 1. The standard InChI is InChI=1S/C9H13N3S/c1-7-10-4-9(5-11-7)12-8-2-3-13-6-8/h4-5,8,12H,2-3,6H2,1H3. The number of aromatic nitrogens is 2. The maximum absolute atomic E-state index is 4.14. The van der Waals surface area contributed by atoms with Crippen LogP contribution in [-0.2, 0) is 0 Å². The molecule has 0 aromatic carbocycles. The first kappa shape index (κ1) is 8.81. The minimum Gasteiger partial charge on any atom is -0.379 e. The van der Waals surface area contributed by atoms with Gasteiger partial charge in [0.1, 0.15) is 5.82 Å². The zero-order valence-electron chi connectivity index (χ0n) is 7.66. The quantitative estimate of drug-likeness (QED) is 0.779. The van der Waals surface area contributed by atoms with Crippen LogP contribution in [0.4, 0.5) is 5.69 Å². The second-order valence-corrected chi connectivity index (χ2v) is 4.37. The Morgan fingerprint density at radius 3 is 2.85 bits per heavy atom. The lowest BCUT2D eigenvalue weighted by Crippen LogP contribution is -2.18. The summed E-state index contributed by atoms with van der Waals surface area (Å²) in [7, 11) is 0. The average Bonchev–Trinajstić information content (AvgIpc) is 2.62. The van der Waals surface area contributed by atoms with Gasteiger partial charge in [-0.15, -0.1) is 0 Å². The van der Waals surface area contributed by atoms with Crippen molar-refractivity contribution in [1.29, 1.82) is 0 Å². The Morgan fingerprint density at radius 1 is 1.46 bits per heavy atom. The third kappa shape index (κ3) is 2.34. The predicted octanol–water partition coefficient (Wildman–Crippen LogP) is 1.70. The topological polar surface area (TPSA) is 37.8 Å². The molecule has 0 aliphatic carbocycles. The number of hydrogen-bond acceptors (Lipinski definition) is 4. The Morgan fingerprint density at radius 2 is 2.23 bits per heavy atom. The molecular formula is C9H13N3S. The first-order chi connectivity index (χ1) is 6.34. The molecule has 0 amide bonds. The molecule has 1 unspecified atom stereocenters. The van der Waals surface area contributed by atoms with Crippen molar-refractivity contribution >= 4 is 17.4 Å². The summed E-state index contributed by atoms with van der Waals surface area (Å²) in [6.07, 6.45) is 4.95. The molecule has 3 nitrogen and oxygen atoms in total. The van der Waals surface area contributed by atoms with Crippen LogP contribution in [0, 0.1) is 6.92 Å². The van der Waals surface area contributed by atoms with E-state index in [2.05, 4.69) is 15.3 Å². The predicted molar refractivity (Wildman–Crippen MR) is 56.1 cm³/mol. The molecule has 2 rings (SSSR count). The number of nitrogens with zero attached hydrogens (tertiary/aromatic N) is 2. The van der Waals surface area contributed by atoms with Crippen molar-refractivity contribution in [3.8, 4) is 0 Å². The lowest BCUT2D eigenvalue weighted by Gasteiger charge is -2.11. The van der Waals surface area contributed by atoms with Crippen molar-refractivity contribution < 1.29 is 0 Å². The normalized spacial score (nSPS) is 21.8. The molecular weight excluding hydrogens is 182 g/mol. The third-order valence-corrected chi connectivity index (χ3v) is 3.24. The van der Waals surface area contributed by atoms with Gasteiger partial charge in [-0.05, 0) is 19.1 Å². The van der Waals surface area contributed by atoms with E-state index in [0.717, 1.165) is 11.5 Å². The first-order valence-corrected chi connectivity index (χ1v) is 5.63. The fourth-order valence-corrected chi connectivity index (χ4v) is 2.50. The van der Waals surface area contributed by atoms with Gasteiger partial charge in [-0.1, -0.05) is 0 Å². The smallest absolute Gasteiger partial charge is 0.125 e. The van der Waals surface area contributed by atoms with Crippen LogP contribution in [0.15, 0.2) is 12.4 Å². The van der Waals surface area contributed by atoms with E-state index in [1.807, 2.05) is 31.1 Å². The van der Waals surface area contributed by atoms with Gasteiger partial charge in [-0.25, -0.2) is 9.97 Å². The van der Waals surface area contributed by atoms with Crippen molar-refractivity contribution in [2.24, 2.45) is 0 Å². The van der Waals surface area contributed by atoms with Crippen LogP contribution >= 0.6 is 11.8 Å². The first-order valence-electron chi connectivity index (χ1n) is 4.47. The molecule has 1 atom stereocenters. The molecule has 2 heterocycles. The van der Waals surface area contributed by atoms with Crippen LogP contribution in [0.5, 0.6) is 0 Å². The lowest BCUT2D eigenvalue weighted by atomic mass is 10.2. The number of hydrogen-bond donors (Lipinski definition) is 1. The van der Waals surface area contributed by atoms with Gasteiger partial charge in [-0.3, -0.25) is 0 Å². The van der Waals surface area contributed by atoms with Crippen LogP contribution in [0.25, 0.3) is 0 Å². The van der Waals surface area contributed by atoms with Crippen molar-refractivity contribution in [1.82, 2.24) is 9.97 Å². The van der Waals surface area contributed by atoms with Crippen molar-refractivity contribution in [3.05, 3.63) is 18.2 Å². The molecule has 1 aromatic rings. The molecule has 1 aromatic heterocycles. The number of aryl methyl sites for hydroxylation is 1. The highest BCUT2D eigenvalue weighted by atomic mass is 32.2. The van der Waals surface area contributed by atoms with Gasteiger partial charge in [0.2, 0.25) is 0 Å². The monoisotopic (exact) mass is 195 g/mol. The molecule has 0 bridgehead atoms. The minimum absolute atomic E-state index is 0.608. The Labute approximate surface area is 82.4 Å². The second-order valence-electron chi connectivity index (χ2n) is 3.22. The summed E-state index contributed by atoms with van der Waals surface area (Å²) in [6, 6.07) is 0.608. The Balaban J connectivity index is 1.97. The molecule has 0 saturated carbocycles. The van der Waals surface area contributed by atoms with E-state index in [-0.39, 0.29) is 0 Å². The van der Waals surface area contributed by atoms with E-state index in [4.69, 9.17) is 0 Å². The third-order valence-electron chi connectivity index (χ3n) is 2.08. The van der Waals surface area contributed by atoms with Crippen LogP contribution in [-0.4, -0.2) is 27.5 Å². The lowest BCUT2D eigenvalue weighted by molar-refractivity contribution is 0.809. The molecule has 0 radical (unpaired) electrons. The Kier molecular flexibility index (Phi) is 2.68. The number of anilines is 1. The fraction of sp³-hybridized carbons (Fsp3) is 0.556. The fourth-order valence-electron chi connectivity index (χ4n) is 1.35. The Hall–Kier alpha value is -0.770. The van der Waals surface area contributed by atoms with Gasteiger partial charge in [0, 0.05) is 11.8 Å². The van der Waals surface area contributed by atoms with E-state index >= 15 is 0 Å². The van der Waals surface area contributed by atoms with Gasteiger partial charge < -0.3 is 5.32 Å². The maximum Gasteiger partial charge on any atom is 0.125 e. The van der Waals surface area contributed by atoms with Gasteiger partial charge >= 0.3 is 0 Å². The summed E-state index contributed by atoms with van der Waals surface area (Å²) in [4.78, 5) is 8.28. The summed E-state index contributed by atoms with van der Waals surface area (Å²) in [5, 5.41) is 3.42. The van der Waals surface area contributed by atoms with E-state index < -0.39 is 0 Å².